The Morgan fingerprint density at radius 2 is 2.24 bits per heavy atom. The van der Waals surface area contributed by atoms with E-state index in [-0.39, 0.29) is 16.0 Å². The molecule has 2 N–H and O–H groups in total. The van der Waals surface area contributed by atoms with E-state index in [0.29, 0.717) is 25.5 Å². The highest BCUT2D eigenvalue weighted by atomic mass is 35.5. The average molecular weight is 391 g/mol. The Labute approximate surface area is 153 Å². The zero-order valence-corrected chi connectivity index (χ0v) is 15.8. The van der Waals surface area contributed by atoms with E-state index in [9.17, 15) is 13.2 Å². The van der Waals surface area contributed by atoms with Crippen LogP contribution in [0.3, 0.4) is 0 Å². The van der Waals surface area contributed by atoms with Crippen LogP contribution >= 0.6 is 11.6 Å². The number of hydrogen-bond donors (Lipinski definition) is 2. The molecule has 1 aliphatic rings. The molecular formula is C16H23ClN2O5S. The van der Waals surface area contributed by atoms with Gasteiger partial charge in [0.2, 0.25) is 15.9 Å². The van der Waals surface area contributed by atoms with E-state index < -0.39 is 22.0 Å². The van der Waals surface area contributed by atoms with E-state index in [4.69, 9.17) is 21.1 Å². The van der Waals surface area contributed by atoms with E-state index >= 15 is 0 Å². The van der Waals surface area contributed by atoms with Crippen molar-refractivity contribution < 1.29 is 22.7 Å². The first-order chi connectivity index (χ1) is 11.8. The van der Waals surface area contributed by atoms with Gasteiger partial charge in [0.25, 0.3) is 0 Å². The summed E-state index contributed by atoms with van der Waals surface area (Å²) in [6.07, 6.45) is 1.87. The Morgan fingerprint density at radius 1 is 1.48 bits per heavy atom. The van der Waals surface area contributed by atoms with Gasteiger partial charge in [-0.25, -0.2) is 8.42 Å². The van der Waals surface area contributed by atoms with Gasteiger partial charge in [-0.05, 0) is 44.9 Å². The molecule has 0 radical (unpaired) electrons. The minimum absolute atomic E-state index is 0.00215. The van der Waals surface area contributed by atoms with Crippen LogP contribution in [0.1, 0.15) is 26.7 Å². The molecular weight excluding hydrogens is 368 g/mol. The van der Waals surface area contributed by atoms with Crippen molar-refractivity contribution in [1.29, 1.82) is 0 Å². The predicted octanol–water partition coefficient (Wildman–Crippen LogP) is 1.70. The first-order valence-corrected chi connectivity index (χ1v) is 10.0. The molecule has 1 saturated heterocycles. The number of carbonyl (C=O) groups is 1. The zero-order valence-electron chi connectivity index (χ0n) is 14.2. The summed E-state index contributed by atoms with van der Waals surface area (Å²) in [5.41, 5.74) is 0. The lowest BCUT2D eigenvalue weighted by molar-refractivity contribution is -0.122. The minimum atomic E-state index is -3.88. The van der Waals surface area contributed by atoms with Crippen LogP contribution in [-0.2, 0) is 19.6 Å². The molecule has 25 heavy (non-hydrogen) atoms. The molecule has 9 heteroatoms. The van der Waals surface area contributed by atoms with Crippen LogP contribution in [-0.4, -0.2) is 46.2 Å². The third-order valence-corrected chi connectivity index (χ3v) is 5.60. The van der Waals surface area contributed by atoms with Gasteiger partial charge in [0.1, 0.15) is 5.75 Å². The Balaban J connectivity index is 1.96. The Hall–Kier alpha value is -1.35. The number of carbonyl (C=O) groups excluding carboxylic acids is 1. The van der Waals surface area contributed by atoms with Crippen LogP contribution in [0.2, 0.25) is 5.02 Å². The number of amides is 1. The number of ether oxygens (including phenoxy) is 2. The second kappa shape index (κ2) is 8.84. The summed E-state index contributed by atoms with van der Waals surface area (Å²) in [4.78, 5) is 12.0. The lowest BCUT2D eigenvalue weighted by atomic mass is 10.2. The zero-order chi connectivity index (χ0) is 18.4. The monoisotopic (exact) mass is 390 g/mol. The van der Waals surface area contributed by atoms with Crippen molar-refractivity contribution in [2.75, 3.05) is 19.8 Å². The van der Waals surface area contributed by atoms with Crippen molar-refractivity contribution >= 4 is 27.5 Å². The van der Waals surface area contributed by atoms with E-state index in [1.165, 1.54) is 25.1 Å². The topological polar surface area (TPSA) is 93.7 Å². The lowest BCUT2D eigenvalue weighted by Crippen LogP contribution is -2.46. The van der Waals surface area contributed by atoms with Gasteiger partial charge < -0.3 is 14.8 Å². The van der Waals surface area contributed by atoms with Crippen molar-refractivity contribution in [2.45, 2.75) is 43.7 Å². The number of hydrogen-bond acceptors (Lipinski definition) is 5. The summed E-state index contributed by atoms with van der Waals surface area (Å²) in [5.74, 6) is 0.00146. The number of rotatable bonds is 8. The summed E-state index contributed by atoms with van der Waals surface area (Å²) in [6.45, 7) is 4.78. The van der Waals surface area contributed by atoms with Gasteiger partial charge in [-0.3, -0.25) is 4.79 Å². The van der Waals surface area contributed by atoms with E-state index in [2.05, 4.69) is 10.0 Å². The molecule has 1 aromatic rings. The van der Waals surface area contributed by atoms with Crippen LogP contribution < -0.4 is 14.8 Å². The molecule has 0 saturated carbocycles. The molecule has 1 aromatic carbocycles. The minimum Gasteiger partial charge on any atom is -0.492 e. The largest absolute Gasteiger partial charge is 0.492 e. The van der Waals surface area contributed by atoms with Gasteiger partial charge >= 0.3 is 0 Å². The molecule has 1 fully saturated rings. The van der Waals surface area contributed by atoms with E-state index in [1.807, 2.05) is 0 Å². The summed E-state index contributed by atoms with van der Waals surface area (Å²) >= 11 is 6.03. The molecule has 2 rings (SSSR count). The van der Waals surface area contributed by atoms with Gasteiger partial charge in [0, 0.05) is 13.2 Å². The van der Waals surface area contributed by atoms with Crippen LogP contribution in [0.25, 0.3) is 0 Å². The third-order valence-electron chi connectivity index (χ3n) is 3.77. The smallest absolute Gasteiger partial charge is 0.241 e. The van der Waals surface area contributed by atoms with Gasteiger partial charge in [-0.15, -0.1) is 0 Å². The van der Waals surface area contributed by atoms with Gasteiger partial charge in [0.15, 0.2) is 0 Å². The molecule has 140 valence electrons. The summed E-state index contributed by atoms with van der Waals surface area (Å²) in [5, 5.41) is 2.89. The molecule has 0 aliphatic carbocycles. The summed E-state index contributed by atoms with van der Waals surface area (Å²) < 4.78 is 37.9. The fourth-order valence-corrected chi connectivity index (χ4v) is 3.98. The number of halogens is 1. The summed E-state index contributed by atoms with van der Waals surface area (Å²) in [6, 6.07) is 3.25. The average Bonchev–Trinajstić information content (AvgIpc) is 3.07. The standard InChI is InChI=1S/C16H23ClN2O5S/c1-3-23-15-7-6-13(9-14(15)17)25(21,22)19-11(2)16(20)18-10-12-5-4-8-24-12/h6-7,9,11-12,19H,3-5,8,10H2,1-2H3,(H,18,20)/t11-,12-/m0/s1. The molecule has 0 unspecified atom stereocenters. The quantitative estimate of drug-likeness (QED) is 0.704. The maximum Gasteiger partial charge on any atom is 0.241 e. The molecule has 1 aliphatic heterocycles. The van der Waals surface area contributed by atoms with E-state index in [1.54, 1.807) is 6.92 Å². The first-order valence-electron chi connectivity index (χ1n) is 8.17. The van der Waals surface area contributed by atoms with Crippen LogP contribution in [0, 0.1) is 0 Å². The fraction of sp³-hybridized carbons (Fsp3) is 0.562. The molecule has 0 spiro atoms. The second-order valence-corrected chi connectivity index (χ2v) is 7.87. The van der Waals surface area contributed by atoms with Crippen LogP contribution in [0.15, 0.2) is 23.1 Å². The molecule has 7 nitrogen and oxygen atoms in total. The van der Waals surface area contributed by atoms with Crippen molar-refractivity contribution in [3.63, 3.8) is 0 Å². The molecule has 0 bridgehead atoms. The van der Waals surface area contributed by atoms with Crippen molar-refractivity contribution in [3.8, 4) is 5.75 Å². The van der Waals surface area contributed by atoms with Gasteiger partial charge in [-0.2, -0.15) is 4.72 Å². The Kier molecular flexibility index (Phi) is 7.06. The maximum absolute atomic E-state index is 12.4. The van der Waals surface area contributed by atoms with Crippen LogP contribution in [0.4, 0.5) is 0 Å². The number of benzene rings is 1. The Morgan fingerprint density at radius 3 is 2.84 bits per heavy atom. The van der Waals surface area contributed by atoms with E-state index in [0.717, 1.165) is 12.8 Å². The molecule has 0 aromatic heterocycles. The number of sulfonamides is 1. The maximum atomic E-state index is 12.4. The third kappa shape index (κ3) is 5.57. The lowest BCUT2D eigenvalue weighted by Gasteiger charge is -2.16. The normalized spacial score (nSPS) is 18.8. The molecule has 1 amide bonds. The SMILES string of the molecule is CCOc1ccc(S(=O)(=O)N[C@@H](C)C(=O)NC[C@@H]2CCCO2)cc1Cl. The van der Waals surface area contributed by atoms with Crippen molar-refractivity contribution in [1.82, 2.24) is 10.0 Å². The fourth-order valence-electron chi connectivity index (χ4n) is 2.45. The Bertz CT molecular complexity index is 704. The second-order valence-electron chi connectivity index (χ2n) is 5.75. The van der Waals surface area contributed by atoms with Crippen LogP contribution in [0.5, 0.6) is 5.75 Å². The predicted molar refractivity (Wildman–Crippen MR) is 94.4 cm³/mol. The van der Waals surface area contributed by atoms with Gasteiger partial charge in [-0.1, -0.05) is 11.6 Å². The molecule has 1 heterocycles. The van der Waals surface area contributed by atoms with Gasteiger partial charge in [0.05, 0.1) is 28.7 Å². The summed E-state index contributed by atoms with van der Waals surface area (Å²) in [7, 11) is -3.88. The number of nitrogens with one attached hydrogen (secondary N) is 2. The highest BCUT2D eigenvalue weighted by Crippen LogP contribution is 2.27. The highest BCUT2D eigenvalue weighted by Gasteiger charge is 2.24. The first kappa shape index (κ1) is 20.0. The van der Waals surface area contributed by atoms with Crippen molar-refractivity contribution in [3.05, 3.63) is 23.2 Å². The molecule has 2 atom stereocenters. The van der Waals surface area contributed by atoms with Crippen molar-refractivity contribution in [2.24, 2.45) is 0 Å². The highest BCUT2D eigenvalue weighted by molar-refractivity contribution is 7.89.